The van der Waals surface area contributed by atoms with Gasteiger partial charge in [0, 0.05) is 19.2 Å². The molecule has 0 heterocycles. The summed E-state index contributed by atoms with van der Waals surface area (Å²) in [5.41, 5.74) is 6.26. The van der Waals surface area contributed by atoms with Gasteiger partial charge in [-0.15, -0.1) is 0 Å². The molecule has 1 aliphatic rings. The van der Waals surface area contributed by atoms with Gasteiger partial charge in [-0.1, -0.05) is 13.3 Å². The van der Waals surface area contributed by atoms with Gasteiger partial charge in [0.05, 0.1) is 6.10 Å². The Labute approximate surface area is 100 Å². The van der Waals surface area contributed by atoms with Gasteiger partial charge in [0.25, 0.3) is 0 Å². The molecule has 0 aliphatic heterocycles. The van der Waals surface area contributed by atoms with E-state index in [0.717, 1.165) is 19.4 Å². The van der Waals surface area contributed by atoms with Crippen LogP contribution in [0.3, 0.4) is 0 Å². The summed E-state index contributed by atoms with van der Waals surface area (Å²) in [7, 11) is 4.05. The molecule has 1 saturated carbocycles. The minimum atomic E-state index is 0.240. The fourth-order valence-electron chi connectivity index (χ4n) is 2.74. The molecule has 16 heavy (non-hydrogen) atoms. The highest BCUT2D eigenvalue weighted by Gasteiger charge is 2.37. The van der Waals surface area contributed by atoms with E-state index in [1.165, 1.54) is 32.2 Å². The molecule has 0 spiro atoms. The maximum absolute atomic E-state index is 6.02. The molecule has 3 heteroatoms. The maximum atomic E-state index is 6.02. The monoisotopic (exact) mass is 228 g/mol. The molecule has 0 aromatic rings. The quantitative estimate of drug-likeness (QED) is 0.756. The molecule has 0 bridgehead atoms. The Balaban J connectivity index is 2.51. The smallest absolute Gasteiger partial charge is 0.0572 e. The second-order valence-corrected chi connectivity index (χ2v) is 5.14. The van der Waals surface area contributed by atoms with Gasteiger partial charge in [-0.05, 0) is 45.7 Å². The highest BCUT2D eigenvalue weighted by Crippen LogP contribution is 2.33. The Morgan fingerprint density at radius 3 is 2.44 bits per heavy atom. The first kappa shape index (κ1) is 13.9. The van der Waals surface area contributed by atoms with Gasteiger partial charge in [0.1, 0.15) is 0 Å². The number of nitrogens with zero attached hydrogens (tertiary/aromatic N) is 1. The Hall–Kier alpha value is -0.120. The maximum Gasteiger partial charge on any atom is 0.0572 e. The average Bonchev–Trinajstić information content (AvgIpc) is 2.35. The van der Waals surface area contributed by atoms with E-state index in [0.29, 0.717) is 6.10 Å². The van der Waals surface area contributed by atoms with E-state index in [2.05, 4.69) is 18.9 Å². The Kier molecular flexibility index (Phi) is 5.73. The Morgan fingerprint density at radius 1 is 1.38 bits per heavy atom. The fourth-order valence-corrected chi connectivity index (χ4v) is 2.74. The molecule has 0 saturated heterocycles. The van der Waals surface area contributed by atoms with Crippen molar-refractivity contribution in [3.05, 3.63) is 0 Å². The van der Waals surface area contributed by atoms with Crippen LogP contribution in [0.4, 0.5) is 0 Å². The number of unbranched alkanes of at least 4 members (excludes halogenated alkanes) is 1. The second kappa shape index (κ2) is 6.58. The number of likely N-dealkylation sites (N-methyl/N-ethyl adjacent to an activating group) is 1. The van der Waals surface area contributed by atoms with Crippen molar-refractivity contribution >= 4 is 0 Å². The molecule has 2 N–H and O–H groups in total. The van der Waals surface area contributed by atoms with Crippen LogP contribution in [-0.4, -0.2) is 43.8 Å². The summed E-state index contributed by atoms with van der Waals surface area (Å²) in [6.45, 7) is 4.19. The van der Waals surface area contributed by atoms with E-state index in [1.54, 1.807) is 0 Å². The molecule has 0 unspecified atom stereocenters. The normalized spacial score (nSPS) is 30.9. The van der Waals surface area contributed by atoms with Crippen molar-refractivity contribution in [1.29, 1.82) is 0 Å². The standard InChI is InChI=1S/C13H28N2O/c1-4-5-10-15(2)13(11-14)8-6-12(16-3)7-9-13/h12H,4-11,14H2,1-3H3. The van der Waals surface area contributed by atoms with Crippen molar-refractivity contribution in [2.75, 3.05) is 27.2 Å². The van der Waals surface area contributed by atoms with E-state index >= 15 is 0 Å². The second-order valence-electron chi connectivity index (χ2n) is 5.14. The van der Waals surface area contributed by atoms with E-state index in [1.807, 2.05) is 7.11 Å². The van der Waals surface area contributed by atoms with Gasteiger partial charge in [-0.2, -0.15) is 0 Å². The summed E-state index contributed by atoms with van der Waals surface area (Å²) in [4.78, 5) is 2.49. The molecule has 3 nitrogen and oxygen atoms in total. The highest BCUT2D eigenvalue weighted by molar-refractivity contribution is 4.95. The number of nitrogens with two attached hydrogens (primary N) is 1. The van der Waals surface area contributed by atoms with E-state index in [-0.39, 0.29) is 5.54 Å². The third-order valence-corrected chi connectivity index (χ3v) is 4.23. The third kappa shape index (κ3) is 3.19. The molecule has 1 rings (SSSR count). The van der Waals surface area contributed by atoms with Gasteiger partial charge < -0.3 is 10.5 Å². The van der Waals surface area contributed by atoms with Crippen LogP contribution in [0.2, 0.25) is 0 Å². The van der Waals surface area contributed by atoms with Crippen LogP contribution in [0.1, 0.15) is 45.4 Å². The van der Waals surface area contributed by atoms with Crippen LogP contribution in [0.15, 0.2) is 0 Å². The lowest BCUT2D eigenvalue weighted by Gasteiger charge is -2.45. The molecule has 1 aliphatic carbocycles. The number of methoxy groups -OCH3 is 1. The summed E-state index contributed by atoms with van der Waals surface area (Å²) in [6.07, 6.45) is 7.66. The van der Waals surface area contributed by atoms with Crippen LogP contribution in [0.25, 0.3) is 0 Å². The number of rotatable bonds is 6. The Morgan fingerprint density at radius 2 is 2.00 bits per heavy atom. The number of hydrogen-bond acceptors (Lipinski definition) is 3. The van der Waals surface area contributed by atoms with Crippen molar-refractivity contribution in [2.45, 2.75) is 57.1 Å². The van der Waals surface area contributed by atoms with Crippen molar-refractivity contribution in [3.63, 3.8) is 0 Å². The molecule has 1 fully saturated rings. The van der Waals surface area contributed by atoms with Gasteiger partial charge in [-0.25, -0.2) is 0 Å². The summed E-state index contributed by atoms with van der Waals surface area (Å²) < 4.78 is 5.43. The summed E-state index contributed by atoms with van der Waals surface area (Å²) in [5.74, 6) is 0. The number of hydrogen-bond donors (Lipinski definition) is 1. The lowest BCUT2D eigenvalue weighted by atomic mass is 9.79. The van der Waals surface area contributed by atoms with Gasteiger partial charge in [0.15, 0.2) is 0 Å². The lowest BCUT2D eigenvalue weighted by Crippen LogP contribution is -2.55. The summed E-state index contributed by atoms with van der Waals surface area (Å²) >= 11 is 0. The zero-order valence-corrected chi connectivity index (χ0v) is 11.2. The van der Waals surface area contributed by atoms with Crippen molar-refractivity contribution in [2.24, 2.45) is 5.73 Å². The molecule has 0 amide bonds. The predicted molar refractivity (Wildman–Crippen MR) is 68.6 cm³/mol. The molecule has 96 valence electrons. The molecular weight excluding hydrogens is 200 g/mol. The predicted octanol–water partition coefficient (Wildman–Crippen LogP) is 2.00. The van der Waals surface area contributed by atoms with Crippen LogP contribution < -0.4 is 5.73 Å². The van der Waals surface area contributed by atoms with Crippen molar-refractivity contribution < 1.29 is 4.74 Å². The highest BCUT2D eigenvalue weighted by atomic mass is 16.5. The van der Waals surface area contributed by atoms with Crippen LogP contribution >= 0.6 is 0 Å². The SMILES string of the molecule is CCCCN(C)C1(CN)CCC(OC)CC1. The van der Waals surface area contributed by atoms with Crippen molar-refractivity contribution in [3.8, 4) is 0 Å². The van der Waals surface area contributed by atoms with E-state index in [9.17, 15) is 0 Å². The average molecular weight is 228 g/mol. The molecule has 0 atom stereocenters. The summed E-state index contributed by atoms with van der Waals surface area (Å²) in [5, 5.41) is 0. The largest absolute Gasteiger partial charge is 0.381 e. The Bertz CT molecular complexity index is 188. The van der Waals surface area contributed by atoms with E-state index in [4.69, 9.17) is 10.5 Å². The van der Waals surface area contributed by atoms with Gasteiger partial charge in [0.2, 0.25) is 0 Å². The summed E-state index contributed by atoms with van der Waals surface area (Å²) in [6, 6.07) is 0. The fraction of sp³-hybridized carbons (Fsp3) is 1.00. The van der Waals surface area contributed by atoms with Crippen molar-refractivity contribution in [1.82, 2.24) is 4.90 Å². The van der Waals surface area contributed by atoms with Crippen LogP contribution in [-0.2, 0) is 4.74 Å². The third-order valence-electron chi connectivity index (χ3n) is 4.23. The first-order chi connectivity index (χ1) is 7.68. The molecule has 0 aromatic carbocycles. The van der Waals surface area contributed by atoms with Gasteiger partial charge in [-0.3, -0.25) is 4.90 Å². The number of ether oxygens (including phenoxy) is 1. The van der Waals surface area contributed by atoms with Gasteiger partial charge >= 0.3 is 0 Å². The minimum absolute atomic E-state index is 0.240. The first-order valence-corrected chi connectivity index (χ1v) is 6.62. The zero-order valence-electron chi connectivity index (χ0n) is 11.2. The minimum Gasteiger partial charge on any atom is -0.381 e. The first-order valence-electron chi connectivity index (χ1n) is 6.62. The topological polar surface area (TPSA) is 38.5 Å². The molecular formula is C13H28N2O. The lowest BCUT2D eigenvalue weighted by molar-refractivity contribution is 0.00309. The van der Waals surface area contributed by atoms with Crippen LogP contribution in [0, 0.1) is 0 Å². The van der Waals surface area contributed by atoms with E-state index < -0.39 is 0 Å². The molecule has 0 radical (unpaired) electrons. The molecule has 0 aromatic heterocycles. The van der Waals surface area contributed by atoms with Crippen LogP contribution in [0.5, 0.6) is 0 Å². The zero-order chi connectivity index (χ0) is 12.0.